The van der Waals surface area contributed by atoms with Gasteiger partial charge in [0.25, 0.3) is 0 Å². The second-order valence-corrected chi connectivity index (χ2v) is 4.31. The number of carbonyl (C=O) groups excluding carboxylic acids is 2. The van der Waals surface area contributed by atoms with Gasteiger partial charge in [-0.3, -0.25) is 19.7 Å². The van der Waals surface area contributed by atoms with Crippen molar-refractivity contribution in [3.05, 3.63) is 28.0 Å². The summed E-state index contributed by atoms with van der Waals surface area (Å²) in [5.41, 5.74) is 0.143. The van der Waals surface area contributed by atoms with Crippen molar-refractivity contribution in [2.24, 2.45) is 10.2 Å². The third kappa shape index (κ3) is 6.81. The van der Waals surface area contributed by atoms with Crippen molar-refractivity contribution in [2.45, 2.75) is 26.7 Å². The second-order valence-electron chi connectivity index (χ2n) is 4.31. The van der Waals surface area contributed by atoms with Crippen LogP contribution in [-0.2, 0) is 19.1 Å². The molecule has 10 nitrogen and oxygen atoms in total. The molecule has 0 saturated carbocycles. The maximum atomic E-state index is 11.5. The maximum absolute atomic E-state index is 11.5. The lowest BCUT2D eigenvalue weighted by atomic mass is 10.2. The van der Waals surface area contributed by atoms with Gasteiger partial charge in [-0.05, 0) is 19.9 Å². The van der Waals surface area contributed by atoms with E-state index in [1.807, 2.05) is 0 Å². The zero-order chi connectivity index (χ0) is 17.9. The van der Waals surface area contributed by atoms with E-state index in [1.54, 1.807) is 13.8 Å². The largest absolute Gasteiger partial charge is 0.466 e. The van der Waals surface area contributed by atoms with E-state index in [9.17, 15) is 19.7 Å². The average Bonchev–Trinajstić information content (AvgIpc) is 2.96. The van der Waals surface area contributed by atoms with Gasteiger partial charge in [-0.1, -0.05) is 0 Å². The third-order valence-electron chi connectivity index (χ3n) is 2.48. The number of ether oxygens (including phenoxy) is 2. The quantitative estimate of drug-likeness (QED) is 0.290. The van der Waals surface area contributed by atoms with Crippen LogP contribution in [0.25, 0.3) is 0 Å². The molecule has 1 heterocycles. The Labute approximate surface area is 137 Å². The summed E-state index contributed by atoms with van der Waals surface area (Å²) in [5, 5.41) is 17.9. The molecule has 130 valence electrons. The summed E-state index contributed by atoms with van der Waals surface area (Å²) in [4.78, 5) is 32.8. The zero-order valence-electron chi connectivity index (χ0n) is 13.3. The van der Waals surface area contributed by atoms with Gasteiger partial charge in [0.05, 0.1) is 44.0 Å². The van der Waals surface area contributed by atoms with Crippen molar-refractivity contribution in [1.29, 1.82) is 0 Å². The molecule has 0 aliphatic carbocycles. The summed E-state index contributed by atoms with van der Waals surface area (Å²) >= 11 is 0. The van der Waals surface area contributed by atoms with Crippen LogP contribution < -0.4 is 0 Å². The number of furan rings is 1. The van der Waals surface area contributed by atoms with Gasteiger partial charge in [0.15, 0.2) is 5.76 Å². The minimum Gasteiger partial charge on any atom is -0.466 e. The summed E-state index contributed by atoms with van der Waals surface area (Å²) in [7, 11) is 0. The van der Waals surface area contributed by atoms with E-state index in [0.29, 0.717) is 0 Å². The molecule has 1 rings (SSSR count). The van der Waals surface area contributed by atoms with Crippen molar-refractivity contribution >= 4 is 29.7 Å². The Morgan fingerprint density at radius 1 is 1.21 bits per heavy atom. The number of nitro groups is 1. The summed E-state index contributed by atoms with van der Waals surface area (Å²) in [6.07, 6.45) is 0.688. The standard InChI is InChI=1S/C14H17N3O7/c1-3-22-13(18)7-10(8-14(19)23-4-2)16-15-9-11-5-6-12(24-11)17(20)21/h5-6,9H,3-4,7-8H2,1-2H3/b15-9+. The van der Waals surface area contributed by atoms with Gasteiger partial charge in [0, 0.05) is 0 Å². The highest BCUT2D eigenvalue weighted by atomic mass is 16.6. The Morgan fingerprint density at radius 2 is 1.79 bits per heavy atom. The molecule has 10 heteroatoms. The number of hydrogen-bond acceptors (Lipinski definition) is 9. The highest BCUT2D eigenvalue weighted by molar-refractivity contribution is 6.06. The fourth-order valence-electron chi connectivity index (χ4n) is 1.57. The topological polar surface area (TPSA) is 134 Å². The van der Waals surface area contributed by atoms with Gasteiger partial charge >= 0.3 is 17.8 Å². The molecule has 0 aliphatic heterocycles. The molecule has 0 amide bonds. The number of nitrogens with zero attached hydrogens (tertiary/aromatic N) is 3. The fraction of sp³-hybridized carbons (Fsp3) is 0.429. The Bertz CT molecular complexity index is 627. The second kappa shape index (κ2) is 9.87. The molecule has 0 unspecified atom stereocenters. The first-order chi connectivity index (χ1) is 11.5. The van der Waals surface area contributed by atoms with Crippen LogP contribution in [0.4, 0.5) is 5.88 Å². The Kier molecular flexibility index (Phi) is 7.82. The zero-order valence-corrected chi connectivity index (χ0v) is 13.3. The minimum atomic E-state index is -0.687. The van der Waals surface area contributed by atoms with E-state index in [2.05, 4.69) is 10.2 Å². The van der Waals surface area contributed by atoms with Crippen LogP contribution in [0.5, 0.6) is 0 Å². The summed E-state index contributed by atoms with van der Waals surface area (Å²) in [5.74, 6) is -1.43. The molecule has 0 saturated heterocycles. The van der Waals surface area contributed by atoms with Crippen molar-refractivity contribution in [2.75, 3.05) is 13.2 Å². The molecule has 0 aromatic carbocycles. The van der Waals surface area contributed by atoms with Crippen LogP contribution in [0.1, 0.15) is 32.4 Å². The highest BCUT2D eigenvalue weighted by Crippen LogP contribution is 2.13. The molecular weight excluding hydrogens is 322 g/mol. The summed E-state index contributed by atoms with van der Waals surface area (Å²) in [6.45, 7) is 3.71. The lowest BCUT2D eigenvalue weighted by Gasteiger charge is -2.04. The summed E-state index contributed by atoms with van der Waals surface area (Å²) in [6, 6.07) is 2.51. The van der Waals surface area contributed by atoms with Crippen molar-refractivity contribution in [3.8, 4) is 0 Å². The van der Waals surface area contributed by atoms with Crippen LogP contribution >= 0.6 is 0 Å². The number of rotatable bonds is 9. The van der Waals surface area contributed by atoms with Crippen LogP contribution in [-0.4, -0.2) is 42.0 Å². The average molecular weight is 339 g/mol. The lowest BCUT2D eigenvalue weighted by Crippen LogP contribution is -2.16. The monoisotopic (exact) mass is 339 g/mol. The van der Waals surface area contributed by atoms with Gasteiger partial charge in [0.2, 0.25) is 0 Å². The van der Waals surface area contributed by atoms with E-state index >= 15 is 0 Å². The van der Waals surface area contributed by atoms with Crippen molar-refractivity contribution in [3.63, 3.8) is 0 Å². The van der Waals surface area contributed by atoms with Gasteiger partial charge in [0.1, 0.15) is 4.92 Å². The van der Waals surface area contributed by atoms with Gasteiger partial charge < -0.3 is 13.9 Å². The first-order valence-electron chi connectivity index (χ1n) is 7.10. The Balaban J connectivity index is 2.80. The molecule has 0 bridgehead atoms. The molecule has 0 aliphatic rings. The highest BCUT2D eigenvalue weighted by Gasteiger charge is 2.14. The molecule has 0 spiro atoms. The minimum absolute atomic E-state index is 0.108. The fourth-order valence-corrected chi connectivity index (χ4v) is 1.57. The van der Waals surface area contributed by atoms with Gasteiger partial charge in [-0.2, -0.15) is 10.2 Å². The van der Waals surface area contributed by atoms with Crippen LogP contribution in [0.15, 0.2) is 26.8 Å². The SMILES string of the molecule is CCOC(=O)CC(CC(=O)OCC)=N/N=C/c1ccc([N+](=O)[O-])o1. The predicted molar refractivity (Wildman–Crippen MR) is 82.9 cm³/mol. The first kappa shape index (κ1) is 19.0. The number of esters is 2. The molecule has 0 radical (unpaired) electrons. The first-order valence-corrected chi connectivity index (χ1v) is 7.10. The Morgan fingerprint density at radius 3 is 2.25 bits per heavy atom. The van der Waals surface area contributed by atoms with Crippen LogP contribution in [0.2, 0.25) is 0 Å². The number of hydrogen-bond donors (Lipinski definition) is 0. The maximum Gasteiger partial charge on any atom is 0.433 e. The van der Waals surface area contributed by atoms with E-state index in [0.717, 1.165) is 6.21 Å². The molecule has 0 N–H and O–H groups in total. The molecule has 0 fully saturated rings. The lowest BCUT2D eigenvalue weighted by molar-refractivity contribution is -0.402. The summed E-state index contributed by atoms with van der Waals surface area (Å²) < 4.78 is 14.4. The van der Waals surface area contributed by atoms with Crippen molar-refractivity contribution < 1.29 is 28.4 Å². The van der Waals surface area contributed by atoms with E-state index in [4.69, 9.17) is 13.9 Å². The predicted octanol–water partition coefficient (Wildman–Crippen LogP) is 1.87. The van der Waals surface area contributed by atoms with E-state index in [1.165, 1.54) is 12.1 Å². The molecule has 1 aromatic rings. The van der Waals surface area contributed by atoms with E-state index in [-0.39, 0.29) is 37.5 Å². The molecule has 24 heavy (non-hydrogen) atoms. The van der Waals surface area contributed by atoms with Gasteiger partial charge in [-0.25, -0.2) is 0 Å². The molecular formula is C14H17N3O7. The normalized spacial score (nSPS) is 10.4. The molecule has 1 aromatic heterocycles. The molecule has 0 atom stereocenters. The van der Waals surface area contributed by atoms with Crippen LogP contribution in [0.3, 0.4) is 0 Å². The van der Waals surface area contributed by atoms with Crippen LogP contribution in [0, 0.1) is 10.1 Å². The number of carbonyl (C=O) groups is 2. The van der Waals surface area contributed by atoms with Crippen molar-refractivity contribution in [1.82, 2.24) is 0 Å². The third-order valence-corrected chi connectivity index (χ3v) is 2.48. The Hall–Kier alpha value is -3.04. The van der Waals surface area contributed by atoms with Gasteiger partial charge in [-0.15, -0.1) is 0 Å². The van der Waals surface area contributed by atoms with E-state index < -0.39 is 22.7 Å². The smallest absolute Gasteiger partial charge is 0.433 e.